The van der Waals surface area contributed by atoms with Crippen molar-refractivity contribution in [3.05, 3.63) is 46.6 Å². The first-order valence-corrected chi connectivity index (χ1v) is 9.24. The van der Waals surface area contributed by atoms with Gasteiger partial charge in [-0.3, -0.25) is 9.59 Å². The van der Waals surface area contributed by atoms with Crippen LogP contribution in [0.4, 0.5) is 0 Å². The minimum atomic E-state index is 0.355. The lowest BCUT2D eigenvalue weighted by Gasteiger charge is -1.96. The fourth-order valence-corrected chi connectivity index (χ4v) is 2.99. The fraction of sp³-hybridized carbons (Fsp3) is 0.545. The molecule has 0 aromatic heterocycles. The van der Waals surface area contributed by atoms with Crippen LogP contribution in [0.1, 0.15) is 79.1 Å². The molecule has 0 bridgehead atoms. The van der Waals surface area contributed by atoms with Gasteiger partial charge < -0.3 is 0 Å². The predicted octanol–water partition coefficient (Wildman–Crippen LogP) is 6.04. The summed E-state index contributed by atoms with van der Waals surface area (Å²) in [5.74, 6) is 0.710. The molecule has 2 aliphatic rings. The highest BCUT2D eigenvalue weighted by Gasteiger charge is 2.18. The van der Waals surface area contributed by atoms with E-state index in [-0.39, 0.29) is 0 Å². The van der Waals surface area contributed by atoms with E-state index in [9.17, 15) is 9.59 Å². The van der Waals surface area contributed by atoms with Gasteiger partial charge in [-0.2, -0.15) is 0 Å². The minimum absolute atomic E-state index is 0.355. The maximum absolute atomic E-state index is 11.3. The minimum Gasteiger partial charge on any atom is -0.295 e. The molecule has 2 rings (SSSR count). The highest BCUT2D eigenvalue weighted by Crippen LogP contribution is 2.25. The zero-order valence-electron chi connectivity index (χ0n) is 15.8. The van der Waals surface area contributed by atoms with Crippen LogP contribution >= 0.6 is 0 Å². The van der Waals surface area contributed by atoms with Crippen LogP contribution < -0.4 is 0 Å². The number of Topliss-reactive ketones (excluding diaryl/α,β-unsaturated/α-hetero) is 2. The summed E-state index contributed by atoms with van der Waals surface area (Å²) >= 11 is 0. The number of hydrogen-bond donors (Lipinski definition) is 0. The Morgan fingerprint density at radius 1 is 0.667 bits per heavy atom. The van der Waals surface area contributed by atoms with Gasteiger partial charge in [0, 0.05) is 12.8 Å². The molecule has 0 unspecified atom stereocenters. The fourth-order valence-electron chi connectivity index (χ4n) is 2.99. The van der Waals surface area contributed by atoms with E-state index in [4.69, 9.17) is 0 Å². The smallest absolute Gasteiger partial charge is 0.159 e. The third-order valence-corrected chi connectivity index (χ3v) is 4.61. The van der Waals surface area contributed by atoms with Gasteiger partial charge in [0.25, 0.3) is 0 Å². The molecule has 0 radical (unpaired) electrons. The van der Waals surface area contributed by atoms with Gasteiger partial charge >= 0.3 is 0 Å². The summed E-state index contributed by atoms with van der Waals surface area (Å²) in [5.41, 5.74) is 4.70. The van der Waals surface area contributed by atoms with Crippen molar-refractivity contribution in [2.24, 2.45) is 0 Å². The Labute approximate surface area is 147 Å². The molecule has 2 nitrogen and oxygen atoms in total. The molecule has 0 spiro atoms. The average molecular weight is 328 g/mol. The highest BCUT2D eigenvalue weighted by molar-refractivity contribution is 5.99. The molecule has 0 aliphatic heterocycles. The van der Waals surface area contributed by atoms with Crippen molar-refractivity contribution in [1.29, 1.82) is 0 Å². The first kappa shape index (κ1) is 20.3. The van der Waals surface area contributed by atoms with Gasteiger partial charge in [0.1, 0.15) is 0 Å². The van der Waals surface area contributed by atoms with E-state index in [1.807, 2.05) is 0 Å². The third kappa shape index (κ3) is 6.43. The van der Waals surface area contributed by atoms with E-state index in [0.29, 0.717) is 11.6 Å². The molecule has 0 aromatic carbocycles. The van der Waals surface area contributed by atoms with Gasteiger partial charge in [-0.25, -0.2) is 0 Å². The van der Waals surface area contributed by atoms with Crippen molar-refractivity contribution in [1.82, 2.24) is 0 Å². The Hall–Kier alpha value is -1.70. The Morgan fingerprint density at radius 3 is 1.29 bits per heavy atom. The van der Waals surface area contributed by atoms with E-state index in [1.165, 1.54) is 11.1 Å². The Balaban J connectivity index is 0.000000240. The second kappa shape index (κ2) is 11.0. The highest BCUT2D eigenvalue weighted by atomic mass is 16.1. The summed E-state index contributed by atoms with van der Waals surface area (Å²) in [5, 5.41) is 0. The first-order chi connectivity index (χ1) is 11.5. The summed E-state index contributed by atoms with van der Waals surface area (Å²) in [6, 6.07) is 0. The van der Waals surface area contributed by atoms with Gasteiger partial charge in [0.05, 0.1) is 0 Å². The quantitative estimate of drug-likeness (QED) is 0.557. The maximum atomic E-state index is 11.3. The molecule has 0 saturated carbocycles. The molecule has 0 N–H and O–H groups in total. The van der Waals surface area contributed by atoms with Crippen molar-refractivity contribution >= 4 is 11.6 Å². The largest absolute Gasteiger partial charge is 0.295 e. The summed E-state index contributed by atoms with van der Waals surface area (Å²) in [6.45, 7) is 8.35. The molecule has 132 valence electrons. The number of carbonyl (C=O) groups excluding carboxylic acids is 2. The van der Waals surface area contributed by atoms with Crippen molar-refractivity contribution in [2.45, 2.75) is 79.1 Å². The Bertz CT molecular complexity index is 519. The van der Waals surface area contributed by atoms with Crippen LogP contribution in [-0.2, 0) is 9.59 Å². The van der Waals surface area contributed by atoms with Crippen LogP contribution in [0.3, 0.4) is 0 Å². The SMILES string of the molecule is CC/C=C/CC1=C(C)CCC1=O.CC/C=C\CC1=C(C)CCC1=O. The molecule has 0 fully saturated rings. The van der Waals surface area contributed by atoms with Crippen LogP contribution in [0.2, 0.25) is 0 Å². The van der Waals surface area contributed by atoms with Crippen LogP contribution in [0.25, 0.3) is 0 Å². The summed E-state index contributed by atoms with van der Waals surface area (Å²) in [6.07, 6.45) is 15.7. The van der Waals surface area contributed by atoms with Gasteiger partial charge in [-0.15, -0.1) is 0 Å². The standard InChI is InChI=1S/2C11H16O/c2*1-3-4-5-6-10-9(2)7-8-11(10)12/h2*4-5H,3,6-8H2,1-2H3/b5-4+;5-4-. The van der Waals surface area contributed by atoms with Gasteiger partial charge in [-0.05, 0) is 63.5 Å². The summed E-state index contributed by atoms with van der Waals surface area (Å²) < 4.78 is 0. The van der Waals surface area contributed by atoms with Crippen molar-refractivity contribution in [3.63, 3.8) is 0 Å². The monoisotopic (exact) mass is 328 g/mol. The molecule has 2 heteroatoms. The van der Waals surface area contributed by atoms with E-state index >= 15 is 0 Å². The van der Waals surface area contributed by atoms with Crippen molar-refractivity contribution in [2.75, 3.05) is 0 Å². The topological polar surface area (TPSA) is 34.1 Å². The molecule has 0 atom stereocenters. The maximum Gasteiger partial charge on any atom is 0.159 e. The second-order valence-corrected chi connectivity index (χ2v) is 6.53. The lowest BCUT2D eigenvalue weighted by atomic mass is 10.1. The summed E-state index contributed by atoms with van der Waals surface area (Å²) in [4.78, 5) is 22.6. The van der Waals surface area contributed by atoms with Crippen molar-refractivity contribution < 1.29 is 9.59 Å². The molecular weight excluding hydrogens is 296 g/mol. The lowest BCUT2D eigenvalue weighted by Crippen LogP contribution is -1.94. The molecule has 0 saturated heterocycles. The molecule has 0 aromatic rings. The Morgan fingerprint density at radius 2 is 1.04 bits per heavy atom. The molecule has 0 heterocycles. The third-order valence-electron chi connectivity index (χ3n) is 4.61. The van der Waals surface area contributed by atoms with Crippen LogP contribution in [0, 0.1) is 0 Å². The van der Waals surface area contributed by atoms with Gasteiger partial charge in [-0.1, -0.05) is 49.3 Å². The predicted molar refractivity (Wildman–Crippen MR) is 102 cm³/mol. The number of carbonyl (C=O) groups is 2. The molecule has 0 amide bonds. The van der Waals surface area contributed by atoms with E-state index in [2.05, 4.69) is 52.0 Å². The van der Waals surface area contributed by atoms with E-state index < -0.39 is 0 Å². The number of rotatable bonds is 6. The summed E-state index contributed by atoms with van der Waals surface area (Å²) in [7, 11) is 0. The van der Waals surface area contributed by atoms with E-state index in [1.54, 1.807) is 0 Å². The van der Waals surface area contributed by atoms with Crippen LogP contribution in [0.5, 0.6) is 0 Å². The molecule has 2 aliphatic carbocycles. The van der Waals surface area contributed by atoms with E-state index in [0.717, 1.165) is 62.5 Å². The average Bonchev–Trinajstić information content (AvgIpc) is 3.05. The first-order valence-electron chi connectivity index (χ1n) is 9.24. The molecule has 24 heavy (non-hydrogen) atoms. The van der Waals surface area contributed by atoms with Gasteiger partial charge in [0.15, 0.2) is 11.6 Å². The zero-order chi connectivity index (χ0) is 17.9. The molecular formula is C22H32O2. The van der Waals surface area contributed by atoms with Crippen molar-refractivity contribution in [3.8, 4) is 0 Å². The normalized spacial score (nSPS) is 18.3. The lowest BCUT2D eigenvalue weighted by molar-refractivity contribution is -0.115. The Kier molecular flexibility index (Phi) is 9.29. The zero-order valence-corrected chi connectivity index (χ0v) is 15.8. The van der Waals surface area contributed by atoms with Gasteiger partial charge in [0.2, 0.25) is 0 Å². The number of ketones is 2. The van der Waals surface area contributed by atoms with Crippen LogP contribution in [-0.4, -0.2) is 11.6 Å². The number of hydrogen-bond acceptors (Lipinski definition) is 2. The number of allylic oxidation sites excluding steroid dienone is 8. The van der Waals surface area contributed by atoms with Crippen LogP contribution in [0.15, 0.2) is 46.6 Å². The second-order valence-electron chi connectivity index (χ2n) is 6.53.